The molecular formula is C25H22N4O4S. The van der Waals surface area contributed by atoms with Crippen molar-refractivity contribution in [3.8, 4) is 11.4 Å². The first-order valence-corrected chi connectivity index (χ1v) is 10.8. The van der Waals surface area contributed by atoms with Crippen molar-refractivity contribution in [3.63, 3.8) is 0 Å². The van der Waals surface area contributed by atoms with Crippen LogP contribution in [0.1, 0.15) is 27.3 Å². The van der Waals surface area contributed by atoms with Gasteiger partial charge in [-0.25, -0.2) is 4.90 Å². The second-order valence-corrected chi connectivity index (χ2v) is 8.09. The molecule has 1 fully saturated rings. The summed E-state index contributed by atoms with van der Waals surface area (Å²) in [4.78, 5) is 38.8. The summed E-state index contributed by atoms with van der Waals surface area (Å²) in [5, 5.41) is 2.58. The number of ether oxygens (including phenoxy) is 1. The topological polar surface area (TPSA) is 107 Å². The number of nitrogens with two attached hydrogens (primary N) is 1. The predicted octanol–water partition coefficient (Wildman–Crippen LogP) is 3.03. The first-order chi connectivity index (χ1) is 16.2. The van der Waals surface area contributed by atoms with Gasteiger partial charge >= 0.3 is 0 Å². The van der Waals surface area contributed by atoms with Crippen LogP contribution in [0.15, 0.2) is 60.2 Å². The molecule has 9 heteroatoms. The van der Waals surface area contributed by atoms with Gasteiger partial charge in [0.25, 0.3) is 11.8 Å². The van der Waals surface area contributed by atoms with Crippen LogP contribution in [0.3, 0.4) is 0 Å². The molecule has 34 heavy (non-hydrogen) atoms. The molecule has 1 aliphatic heterocycles. The van der Waals surface area contributed by atoms with Crippen molar-refractivity contribution in [3.05, 3.63) is 82.7 Å². The molecular weight excluding hydrogens is 452 g/mol. The van der Waals surface area contributed by atoms with Crippen molar-refractivity contribution in [1.82, 2.24) is 9.88 Å². The highest BCUT2D eigenvalue weighted by Gasteiger charge is 2.36. The summed E-state index contributed by atoms with van der Waals surface area (Å²) in [6.07, 6.45) is 1.55. The molecule has 1 aliphatic rings. The van der Waals surface area contributed by atoms with Gasteiger partial charge in [-0.15, -0.1) is 0 Å². The van der Waals surface area contributed by atoms with E-state index in [1.807, 2.05) is 24.5 Å². The second-order valence-electron chi connectivity index (χ2n) is 7.70. The Balaban J connectivity index is 1.75. The van der Waals surface area contributed by atoms with Crippen LogP contribution in [0.4, 0.5) is 5.69 Å². The summed E-state index contributed by atoms with van der Waals surface area (Å²) in [5.41, 5.74) is 9.34. The molecule has 0 aliphatic carbocycles. The molecule has 2 heterocycles. The number of benzene rings is 2. The third kappa shape index (κ3) is 3.97. The Hall–Kier alpha value is -4.24. The summed E-state index contributed by atoms with van der Waals surface area (Å²) in [5.74, 6) is -1.17. The molecule has 172 valence electrons. The largest absolute Gasteiger partial charge is 0.495 e. The minimum Gasteiger partial charge on any atom is -0.495 e. The Morgan fingerprint density at radius 1 is 1.09 bits per heavy atom. The van der Waals surface area contributed by atoms with Gasteiger partial charge in [0.15, 0.2) is 5.11 Å². The van der Waals surface area contributed by atoms with Gasteiger partial charge in [0.05, 0.1) is 12.8 Å². The van der Waals surface area contributed by atoms with Gasteiger partial charge < -0.3 is 15.0 Å². The number of hydrogen-bond donors (Lipinski definition) is 2. The molecule has 8 nitrogen and oxygen atoms in total. The summed E-state index contributed by atoms with van der Waals surface area (Å²) >= 11 is 5.29. The van der Waals surface area contributed by atoms with E-state index in [0.29, 0.717) is 22.6 Å². The fourth-order valence-corrected chi connectivity index (χ4v) is 4.23. The maximum absolute atomic E-state index is 13.4. The zero-order valence-corrected chi connectivity index (χ0v) is 19.6. The van der Waals surface area contributed by atoms with Crippen LogP contribution in [-0.4, -0.2) is 34.5 Å². The average Bonchev–Trinajstić information content (AvgIpc) is 3.09. The number of nitrogens with zero attached hydrogens (tertiary/aromatic N) is 2. The molecule has 3 N–H and O–H groups in total. The van der Waals surface area contributed by atoms with Crippen LogP contribution < -0.4 is 20.7 Å². The summed E-state index contributed by atoms with van der Waals surface area (Å²) in [6, 6.07) is 15.7. The van der Waals surface area contributed by atoms with Crippen molar-refractivity contribution < 1.29 is 19.1 Å². The van der Waals surface area contributed by atoms with E-state index in [-0.39, 0.29) is 10.7 Å². The van der Waals surface area contributed by atoms with Crippen LogP contribution in [0.5, 0.6) is 5.75 Å². The number of para-hydroxylation sites is 2. The van der Waals surface area contributed by atoms with E-state index >= 15 is 0 Å². The number of nitrogens with one attached hydrogen (secondary N) is 1. The third-order valence-corrected chi connectivity index (χ3v) is 5.89. The number of methoxy groups -OCH3 is 1. The maximum atomic E-state index is 13.4. The number of anilines is 1. The number of rotatable bonds is 5. The van der Waals surface area contributed by atoms with Gasteiger partial charge in [0.1, 0.15) is 11.3 Å². The Labute approximate surface area is 201 Å². The number of primary amides is 1. The Morgan fingerprint density at radius 2 is 1.76 bits per heavy atom. The quantitative estimate of drug-likeness (QED) is 0.336. The number of hydrogen-bond acceptors (Lipinski definition) is 5. The molecule has 0 radical (unpaired) electrons. The molecule has 4 rings (SSSR count). The standard InChI is InChI=1S/C25H22N4O4S/c1-14-12-17(15(2)28(14)18-10-8-16(9-11-18)22(26)30)13-19-23(31)27-25(34)29(24(19)32)20-6-4-5-7-21(20)33-3/h4-13H,1-3H3,(H2,26,30)(H,27,31,34)/b19-13+. The number of carbonyl (C=O) groups excluding carboxylic acids is 3. The van der Waals surface area contributed by atoms with E-state index in [9.17, 15) is 14.4 Å². The molecule has 2 aromatic carbocycles. The first-order valence-electron chi connectivity index (χ1n) is 10.4. The van der Waals surface area contributed by atoms with Crippen LogP contribution in [0.2, 0.25) is 0 Å². The first kappa shape index (κ1) is 22.9. The molecule has 0 spiro atoms. The molecule has 0 atom stereocenters. The fourth-order valence-electron chi connectivity index (χ4n) is 3.95. The summed E-state index contributed by atoms with van der Waals surface area (Å²) < 4.78 is 7.33. The lowest BCUT2D eigenvalue weighted by Crippen LogP contribution is -2.54. The molecule has 0 unspecified atom stereocenters. The highest BCUT2D eigenvalue weighted by Crippen LogP contribution is 2.31. The van der Waals surface area contributed by atoms with Gasteiger partial charge in [-0.3, -0.25) is 19.7 Å². The SMILES string of the molecule is COc1ccccc1N1C(=O)/C(=C/c2cc(C)n(-c3ccc(C(N)=O)cc3)c2C)C(=O)NC1=S. The van der Waals surface area contributed by atoms with E-state index in [0.717, 1.165) is 17.1 Å². The molecule has 3 aromatic rings. The van der Waals surface area contributed by atoms with Gasteiger partial charge in [0, 0.05) is 22.6 Å². The average molecular weight is 475 g/mol. The molecule has 1 saturated heterocycles. The second kappa shape index (κ2) is 8.95. The molecule has 3 amide bonds. The van der Waals surface area contributed by atoms with Crippen LogP contribution in [0.25, 0.3) is 11.8 Å². The van der Waals surface area contributed by atoms with E-state index in [4.69, 9.17) is 22.7 Å². The fraction of sp³-hybridized carbons (Fsp3) is 0.120. The Morgan fingerprint density at radius 3 is 2.41 bits per heavy atom. The van der Waals surface area contributed by atoms with Crippen LogP contribution in [0, 0.1) is 13.8 Å². The van der Waals surface area contributed by atoms with Gasteiger partial charge in [-0.1, -0.05) is 12.1 Å². The summed E-state index contributed by atoms with van der Waals surface area (Å²) in [6.45, 7) is 3.80. The smallest absolute Gasteiger partial charge is 0.270 e. The van der Waals surface area contributed by atoms with E-state index in [2.05, 4.69) is 5.32 Å². The maximum Gasteiger partial charge on any atom is 0.270 e. The van der Waals surface area contributed by atoms with Gasteiger partial charge in [0.2, 0.25) is 5.91 Å². The minimum atomic E-state index is -0.572. The van der Waals surface area contributed by atoms with Crippen molar-refractivity contribution in [2.45, 2.75) is 13.8 Å². The zero-order valence-electron chi connectivity index (χ0n) is 18.8. The predicted molar refractivity (Wildman–Crippen MR) is 133 cm³/mol. The molecule has 0 bridgehead atoms. The lowest BCUT2D eigenvalue weighted by Gasteiger charge is -2.29. The van der Waals surface area contributed by atoms with E-state index in [1.54, 1.807) is 54.6 Å². The number of thiocarbonyl (C=S) groups is 1. The zero-order chi connectivity index (χ0) is 24.6. The Bertz CT molecular complexity index is 1370. The number of aromatic nitrogens is 1. The minimum absolute atomic E-state index is 0.0170. The van der Waals surface area contributed by atoms with Gasteiger partial charge in [-0.05, 0) is 80.2 Å². The normalized spacial score (nSPS) is 15.0. The lowest BCUT2D eigenvalue weighted by molar-refractivity contribution is -0.122. The molecule has 1 aromatic heterocycles. The van der Waals surface area contributed by atoms with Crippen molar-refractivity contribution in [2.75, 3.05) is 12.0 Å². The monoisotopic (exact) mass is 474 g/mol. The van der Waals surface area contributed by atoms with E-state index in [1.165, 1.54) is 12.0 Å². The van der Waals surface area contributed by atoms with Gasteiger partial charge in [-0.2, -0.15) is 0 Å². The lowest BCUT2D eigenvalue weighted by atomic mass is 10.1. The number of carbonyl (C=O) groups is 3. The van der Waals surface area contributed by atoms with Crippen molar-refractivity contribution >= 4 is 46.8 Å². The summed E-state index contributed by atoms with van der Waals surface area (Å²) in [7, 11) is 1.50. The number of amides is 3. The Kier molecular flexibility index (Phi) is 6.04. The highest BCUT2D eigenvalue weighted by molar-refractivity contribution is 7.80. The van der Waals surface area contributed by atoms with E-state index < -0.39 is 17.7 Å². The molecule has 0 saturated carbocycles. The van der Waals surface area contributed by atoms with Crippen LogP contribution >= 0.6 is 12.2 Å². The highest BCUT2D eigenvalue weighted by atomic mass is 32.1. The van der Waals surface area contributed by atoms with Crippen LogP contribution in [-0.2, 0) is 9.59 Å². The van der Waals surface area contributed by atoms with Crippen molar-refractivity contribution in [1.29, 1.82) is 0 Å². The van der Waals surface area contributed by atoms with Crippen molar-refractivity contribution in [2.24, 2.45) is 5.73 Å². The third-order valence-electron chi connectivity index (χ3n) is 5.61. The number of aryl methyl sites for hydroxylation is 1.